The number of hydrogen-bond donors (Lipinski definition) is 1. The van der Waals surface area contributed by atoms with E-state index >= 15 is 0 Å². The maximum atomic E-state index is 12.5. The van der Waals surface area contributed by atoms with E-state index in [9.17, 15) is 13.2 Å². The first-order valence-electron chi connectivity index (χ1n) is 7.78. The van der Waals surface area contributed by atoms with Gasteiger partial charge >= 0.3 is 0 Å². The van der Waals surface area contributed by atoms with Crippen molar-refractivity contribution in [3.63, 3.8) is 0 Å². The Bertz CT molecular complexity index is 666. The van der Waals surface area contributed by atoms with Crippen molar-refractivity contribution in [1.82, 2.24) is 19.4 Å². The van der Waals surface area contributed by atoms with Crippen molar-refractivity contribution in [2.45, 2.75) is 25.4 Å². The molecule has 2 aliphatic heterocycles. The van der Waals surface area contributed by atoms with Crippen LogP contribution in [0.5, 0.6) is 0 Å². The molecule has 1 aromatic rings. The highest BCUT2D eigenvalue weighted by Crippen LogP contribution is 2.22. The number of sulfonamides is 1. The van der Waals surface area contributed by atoms with E-state index in [0.29, 0.717) is 12.5 Å². The van der Waals surface area contributed by atoms with E-state index < -0.39 is 16.1 Å². The summed E-state index contributed by atoms with van der Waals surface area (Å²) in [4.78, 5) is 12.5. The van der Waals surface area contributed by atoms with Crippen molar-refractivity contribution in [3.8, 4) is 0 Å². The van der Waals surface area contributed by atoms with Crippen molar-refractivity contribution in [1.29, 1.82) is 0 Å². The molecule has 0 unspecified atom stereocenters. The molecule has 128 valence electrons. The second kappa shape index (κ2) is 6.58. The van der Waals surface area contributed by atoms with Crippen LogP contribution in [0.4, 0.5) is 0 Å². The third-order valence-electron chi connectivity index (χ3n) is 4.44. The maximum Gasteiger partial charge on any atom is 0.246 e. The zero-order valence-corrected chi connectivity index (χ0v) is 14.0. The average molecular weight is 342 g/mol. The molecular formula is C14H22N4O4S. The molecule has 1 saturated heterocycles. The second-order valence-electron chi connectivity index (χ2n) is 6.14. The molecule has 3 heterocycles. The Kier molecular flexibility index (Phi) is 4.69. The molecule has 3 rings (SSSR count). The number of nitrogens with zero attached hydrogens (tertiary/aromatic N) is 3. The molecule has 1 N–H and O–H groups in total. The van der Waals surface area contributed by atoms with E-state index in [1.54, 1.807) is 16.9 Å². The molecule has 0 aromatic carbocycles. The van der Waals surface area contributed by atoms with Gasteiger partial charge in [0.15, 0.2) is 0 Å². The van der Waals surface area contributed by atoms with E-state index in [1.807, 2.05) is 0 Å². The molecule has 0 spiro atoms. The van der Waals surface area contributed by atoms with Crippen LogP contribution in [-0.2, 0) is 26.1 Å². The number of ether oxygens (including phenoxy) is 1. The minimum atomic E-state index is -3.35. The second-order valence-corrected chi connectivity index (χ2v) is 8.12. The number of amides is 1. The highest BCUT2D eigenvalue weighted by Gasteiger charge is 2.34. The van der Waals surface area contributed by atoms with Gasteiger partial charge in [-0.05, 0) is 24.8 Å². The number of carbonyl (C=O) groups excluding carboxylic acids is 1. The molecule has 8 nitrogen and oxygen atoms in total. The summed E-state index contributed by atoms with van der Waals surface area (Å²) < 4.78 is 31.9. The van der Waals surface area contributed by atoms with Gasteiger partial charge in [-0.3, -0.25) is 9.48 Å². The molecule has 2 aliphatic rings. The molecule has 1 atom stereocenters. The van der Waals surface area contributed by atoms with Crippen molar-refractivity contribution in [2.24, 2.45) is 5.92 Å². The summed E-state index contributed by atoms with van der Waals surface area (Å²) in [5, 5.41) is 7.13. The highest BCUT2D eigenvalue weighted by molar-refractivity contribution is 7.88. The van der Waals surface area contributed by atoms with E-state index in [-0.39, 0.29) is 19.0 Å². The summed E-state index contributed by atoms with van der Waals surface area (Å²) in [6, 6.07) is 1.12. The number of carbonyl (C=O) groups is 1. The summed E-state index contributed by atoms with van der Waals surface area (Å²) in [5.74, 6) is 0.231. The third-order valence-corrected chi connectivity index (χ3v) is 5.66. The van der Waals surface area contributed by atoms with Gasteiger partial charge in [0.05, 0.1) is 18.5 Å². The van der Waals surface area contributed by atoms with E-state index in [2.05, 4.69) is 10.4 Å². The number of nitrogens with one attached hydrogen (secondary N) is 1. The standard InChI is InChI=1S/C14H22N4O4S/c1-23(20,21)17-9-12-2-5-16-18(12)13(10-17)14(19)15-8-11-3-6-22-7-4-11/h2,5,11,13H,3-4,6-10H2,1H3,(H,15,19)/t13-/m0/s1. The smallest absolute Gasteiger partial charge is 0.246 e. The molecule has 0 bridgehead atoms. The SMILES string of the molecule is CS(=O)(=O)N1Cc2ccnn2[C@H](C(=O)NCC2CCOCC2)C1. The van der Waals surface area contributed by atoms with Gasteiger partial charge in [-0.25, -0.2) is 8.42 Å². The Morgan fingerprint density at radius 2 is 2.17 bits per heavy atom. The van der Waals surface area contributed by atoms with E-state index in [4.69, 9.17) is 4.74 Å². The van der Waals surface area contributed by atoms with Gasteiger partial charge in [0.25, 0.3) is 0 Å². The summed E-state index contributed by atoms with van der Waals surface area (Å²) in [6.07, 6.45) is 4.64. The van der Waals surface area contributed by atoms with Crippen LogP contribution in [-0.4, -0.2) is 61.0 Å². The third kappa shape index (κ3) is 3.73. The molecule has 1 fully saturated rings. The largest absolute Gasteiger partial charge is 0.381 e. The van der Waals surface area contributed by atoms with Crippen LogP contribution in [0.25, 0.3) is 0 Å². The number of aromatic nitrogens is 2. The highest BCUT2D eigenvalue weighted by atomic mass is 32.2. The molecule has 9 heteroatoms. The molecule has 0 aliphatic carbocycles. The van der Waals surface area contributed by atoms with E-state index in [1.165, 1.54) is 4.31 Å². The number of rotatable bonds is 4. The molecule has 0 saturated carbocycles. The Balaban J connectivity index is 1.69. The van der Waals surface area contributed by atoms with Gasteiger partial charge < -0.3 is 10.1 Å². The summed E-state index contributed by atoms with van der Waals surface area (Å²) >= 11 is 0. The van der Waals surface area contributed by atoms with Crippen LogP contribution < -0.4 is 5.32 Å². The first-order chi connectivity index (χ1) is 10.9. The van der Waals surface area contributed by atoms with Gasteiger partial charge in [-0.1, -0.05) is 0 Å². The van der Waals surface area contributed by atoms with Crippen LogP contribution in [0, 0.1) is 5.92 Å². The first-order valence-corrected chi connectivity index (χ1v) is 9.63. The fraction of sp³-hybridized carbons (Fsp3) is 0.714. The monoisotopic (exact) mass is 342 g/mol. The normalized spacial score (nSPS) is 23.4. The first kappa shape index (κ1) is 16.4. The lowest BCUT2D eigenvalue weighted by atomic mass is 10.0. The fourth-order valence-electron chi connectivity index (χ4n) is 3.02. The molecular weight excluding hydrogens is 320 g/mol. The zero-order valence-electron chi connectivity index (χ0n) is 13.1. The van der Waals surface area contributed by atoms with Crippen LogP contribution in [0.3, 0.4) is 0 Å². The minimum absolute atomic E-state index is 0.118. The average Bonchev–Trinajstić information content (AvgIpc) is 3.00. The number of hydrogen-bond acceptors (Lipinski definition) is 5. The molecule has 23 heavy (non-hydrogen) atoms. The molecule has 1 amide bonds. The van der Waals surface area contributed by atoms with Gasteiger partial charge in [0, 0.05) is 32.5 Å². The summed E-state index contributed by atoms with van der Waals surface area (Å²) in [5.41, 5.74) is 0.730. The van der Waals surface area contributed by atoms with Crippen LogP contribution in [0.15, 0.2) is 12.3 Å². The molecule has 1 aromatic heterocycles. The zero-order chi connectivity index (χ0) is 16.4. The summed E-state index contributed by atoms with van der Waals surface area (Å²) in [6.45, 7) is 2.42. The number of fused-ring (bicyclic) bond motifs is 1. The molecule has 0 radical (unpaired) electrons. The fourth-order valence-corrected chi connectivity index (χ4v) is 3.80. The van der Waals surface area contributed by atoms with Gasteiger partial charge in [-0.15, -0.1) is 0 Å². The van der Waals surface area contributed by atoms with Gasteiger partial charge in [0.1, 0.15) is 6.04 Å². The van der Waals surface area contributed by atoms with Crippen molar-refractivity contribution >= 4 is 15.9 Å². The van der Waals surface area contributed by atoms with E-state index in [0.717, 1.165) is 38.0 Å². The predicted octanol–water partition coefficient (Wildman–Crippen LogP) is -0.258. The van der Waals surface area contributed by atoms with Crippen molar-refractivity contribution in [2.75, 3.05) is 32.6 Å². The summed E-state index contributed by atoms with van der Waals surface area (Å²) in [7, 11) is -3.35. The van der Waals surface area contributed by atoms with Gasteiger partial charge in [0.2, 0.25) is 15.9 Å². The van der Waals surface area contributed by atoms with Crippen LogP contribution in [0.1, 0.15) is 24.6 Å². The lowest BCUT2D eigenvalue weighted by Crippen LogP contribution is -2.47. The topological polar surface area (TPSA) is 93.5 Å². The quantitative estimate of drug-likeness (QED) is 0.814. The Morgan fingerprint density at radius 3 is 2.87 bits per heavy atom. The Labute approximate surface area is 135 Å². The van der Waals surface area contributed by atoms with Crippen LogP contribution in [0.2, 0.25) is 0 Å². The van der Waals surface area contributed by atoms with Crippen LogP contribution >= 0.6 is 0 Å². The Morgan fingerprint density at radius 1 is 1.43 bits per heavy atom. The maximum absolute atomic E-state index is 12.5. The minimum Gasteiger partial charge on any atom is -0.381 e. The van der Waals surface area contributed by atoms with Gasteiger partial charge in [-0.2, -0.15) is 9.40 Å². The van der Waals surface area contributed by atoms with Crippen molar-refractivity contribution in [3.05, 3.63) is 18.0 Å². The predicted molar refractivity (Wildman–Crippen MR) is 83.1 cm³/mol. The Hall–Kier alpha value is -1.45. The lowest BCUT2D eigenvalue weighted by molar-refractivity contribution is -0.125. The lowest BCUT2D eigenvalue weighted by Gasteiger charge is -2.32. The van der Waals surface area contributed by atoms with Crippen molar-refractivity contribution < 1.29 is 17.9 Å².